The predicted octanol–water partition coefficient (Wildman–Crippen LogP) is 5.24. The summed E-state index contributed by atoms with van der Waals surface area (Å²) < 4.78 is 18.7. The standard InChI is InChI=1S/C16H14Cl2FNO/c1-21-11-4-2-9-3-5-15(12(9)8-11)20-10-6-13(17)16(19)14(18)7-10/h2,4,6-8,15,20H,3,5H2,1H3. The summed E-state index contributed by atoms with van der Waals surface area (Å²) in [7, 11) is 1.65. The number of rotatable bonds is 3. The van der Waals surface area contributed by atoms with Crippen LogP contribution in [0.5, 0.6) is 5.75 Å². The zero-order valence-corrected chi connectivity index (χ0v) is 12.9. The fourth-order valence-corrected chi connectivity index (χ4v) is 3.18. The van der Waals surface area contributed by atoms with Gasteiger partial charge in [-0.3, -0.25) is 0 Å². The molecule has 0 spiro atoms. The molecule has 0 bridgehead atoms. The molecule has 21 heavy (non-hydrogen) atoms. The highest BCUT2D eigenvalue weighted by atomic mass is 35.5. The van der Waals surface area contributed by atoms with E-state index in [4.69, 9.17) is 27.9 Å². The minimum absolute atomic E-state index is 0.0221. The average Bonchev–Trinajstić information content (AvgIpc) is 2.87. The zero-order chi connectivity index (χ0) is 15.0. The number of fused-ring (bicyclic) bond motifs is 1. The summed E-state index contributed by atoms with van der Waals surface area (Å²) in [6, 6.07) is 9.34. The van der Waals surface area contributed by atoms with Gasteiger partial charge in [-0.1, -0.05) is 29.3 Å². The first-order valence-corrected chi connectivity index (χ1v) is 7.42. The lowest BCUT2D eigenvalue weighted by atomic mass is 10.1. The summed E-state index contributed by atoms with van der Waals surface area (Å²) in [5.41, 5.74) is 3.21. The number of benzene rings is 2. The molecule has 110 valence electrons. The number of aryl methyl sites for hydroxylation is 1. The lowest BCUT2D eigenvalue weighted by Crippen LogP contribution is -2.07. The highest BCUT2D eigenvalue weighted by molar-refractivity contribution is 6.35. The summed E-state index contributed by atoms with van der Waals surface area (Å²) in [5, 5.41) is 3.41. The van der Waals surface area contributed by atoms with Crippen LogP contribution in [0.3, 0.4) is 0 Å². The largest absolute Gasteiger partial charge is 0.497 e. The molecule has 0 amide bonds. The van der Waals surface area contributed by atoms with Crippen molar-refractivity contribution in [3.05, 3.63) is 57.3 Å². The van der Waals surface area contributed by atoms with Crippen LogP contribution >= 0.6 is 23.2 Å². The fourth-order valence-electron chi connectivity index (χ4n) is 2.70. The van der Waals surface area contributed by atoms with Crippen molar-refractivity contribution < 1.29 is 9.13 Å². The molecule has 1 aliphatic rings. The summed E-state index contributed by atoms with van der Waals surface area (Å²) in [6.07, 6.45) is 1.97. The third-order valence-electron chi connectivity index (χ3n) is 3.76. The first kappa shape index (κ1) is 14.5. The smallest absolute Gasteiger partial charge is 0.160 e. The Morgan fingerprint density at radius 1 is 1.19 bits per heavy atom. The van der Waals surface area contributed by atoms with Crippen molar-refractivity contribution in [1.82, 2.24) is 0 Å². The molecule has 0 saturated carbocycles. The van der Waals surface area contributed by atoms with Crippen molar-refractivity contribution in [3.8, 4) is 5.75 Å². The molecule has 1 atom stereocenters. The zero-order valence-electron chi connectivity index (χ0n) is 11.4. The minimum Gasteiger partial charge on any atom is -0.497 e. The topological polar surface area (TPSA) is 21.3 Å². The van der Waals surface area contributed by atoms with Gasteiger partial charge in [0.15, 0.2) is 5.82 Å². The Morgan fingerprint density at radius 3 is 2.57 bits per heavy atom. The van der Waals surface area contributed by atoms with E-state index in [0.717, 1.165) is 18.6 Å². The number of nitrogens with one attached hydrogen (secondary N) is 1. The number of methoxy groups -OCH3 is 1. The maximum atomic E-state index is 13.5. The molecule has 1 unspecified atom stereocenters. The van der Waals surface area contributed by atoms with E-state index in [0.29, 0.717) is 5.69 Å². The fraction of sp³-hybridized carbons (Fsp3) is 0.250. The molecule has 1 N–H and O–H groups in total. The summed E-state index contributed by atoms with van der Waals surface area (Å²) in [5.74, 6) is 0.245. The molecule has 0 fully saturated rings. The Kier molecular flexibility index (Phi) is 3.96. The van der Waals surface area contributed by atoms with E-state index in [1.165, 1.54) is 11.1 Å². The second-order valence-corrected chi connectivity index (χ2v) is 5.87. The number of hydrogen-bond acceptors (Lipinski definition) is 2. The van der Waals surface area contributed by atoms with E-state index >= 15 is 0 Å². The van der Waals surface area contributed by atoms with Crippen LogP contribution < -0.4 is 10.1 Å². The van der Waals surface area contributed by atoms with Gasteiger partial charge in [0.2, 0.25) is 0 Å². The SMILES string of the molecule is COc1ccc2c(c1)C(Nc1cc(Cl)c(F)c(Cl)c1)CC2. The van der Waals surface area contributed by atoms with Gasteiger partial charge in [-0.05, 0) is 48.2 Å². The van der Waals surface area contributed by atoms with E-state index < -0.39 is 5.82 Å². The monoisotopic (exact) mass is 325 g/mol. The molecule has 2 nitrogen and oxygen atoms in total. The van der Waals surface area contributed by atoms with Crippen molar-refractivity contribution in [2.24, 2.45) is 0 Å². The Hall–Kier alpha value is -1.45. The van der Waals surface area contributed by atoms with Crippen molar-refractivity contribution in [2.75, 3.05) is 12.4 Å². The summed E-state index contributed by atoms with van der Waals surface area (Å²) >= 11 is 11.7. The molecule has 0 aliphatic heterocycles. The molecule has 2 aromatic rings. The van der Waals surface area contributed by atoms with E-state index in [1.54, 1.807) is 19.2 Å². The second-order valence-electron chi connectivity index (χ2n) is 5.05. The molecule has 5 heteroatoms. The minimum atomic E-state index is -0.586. The average molecular weight is 326 g/mol. The van der Waals surface area contributed by atoms with Gasteiger partial charge in [-0.15, -0.1) is 0 Å². The number of anilines is 1. The van der Waals surface area contributed by atoms with Crippen molar-refractivity contribution in [2.45, 2.75) is 18.9 Å². The van der Waals surface area contributed by atoms with Crippen LogP contribution in [0.2, 0.25) is 10.0 Å². The molecule has 0 saturated heterocycles. The third kappa shape index (κ3) is 2.81. The Labute approximate surface area is 132 Å². The molecule has 1 aliphatic carbocycles. The quantitative estimate of drug-likeness (QED) is 0.779. The Morgan fingerprint density at radius 2 is 1.90 bits per heavy atom. The molecular weight excluding hydrogens is 312 g/mol. The van der Waals surface area contributed by atoms with Crippen LogP contribution in [0.25, 0.3) is 0 Å². The van der Waals surface area contributed by atoms with E-state index in [2.05, 4.69) is 11.4 Å². The van der Waals surface area contributed by atoms with Gasteiger partial charge in [-0.25, -0.2) is 4.39 Å². The maximum absolute atomic E-state index is 13.5. The van der Waals surface area contributed by atoms with E-state index in [1.807, 2.05) is 12.1 Å². The first-order valence-electron chi connectivity index (χ1n) is 6.66. The second kappa shape index (κ2) is 5.74. The van der Waals surface area contributed by atoms with E-state index in [-0.39, 0.29) is 16.1 Å². The predicted molar refractivity (Wildman–Crippen MR) is 84.1 cm³/mol. The first-order chi connectivity index (χ1) is 10.1. The van der Waals surface area contributed by atoms with E-state index in [9.17, 15) is 4.39 Å². The van der Waals surface area contributed by atoms with Gasteiger partial charge < -0.3 is 10.1 Å². The third-order valence-corrected chi connectivity index (χ3v) is 4.31. The number of halogens is 3. The van der Waals surface area contributed by atoms with Crippen molar-refractivity contribution >= 4 is 28.9 Å². The van der Waals surface area contributed by atoms with Gasteiger partial charge in [0.05, 0.1) is 23.2 Å². The van der Waals surface area contributed by atoms with Crippen LogP contribution in [-0.4, -0.2) is 7.11 Å². The highest BCUT2D eigenvalue weighted by Crippen LogP contribution is 2.37. The highest BCUT2D eigenvalue weighted by Gasteiger charge is 2.23. The Balaban J connectivity index is 1.88. The lowest BCUT2D eigenvalue weighted by Gasteiger charge is -2.17. The van der Waals surface area contributed by atoms with Gasteiger partial charge in [0.1, 0.15) is 5.75 Å². The van der Waals surface area contributed by atoms with Gasteiger partial charge in [0, 0.05) is 5.69 Å². The van der Waals surface area contributed by atoms with Gasteiger partial charge >= 0.3 is 0 Å². The molecule has 0 radical (unpaired) electrons. The lowest BCUT2D eigenvalue weighted by molar-refractivity contribution is 0.414. The molecule has 0 aromatic heterocycles. The summed E-state index contributed by atoms with van der Waals surface area (Å²) in [6.45, 7) is 0. The van der Waals surface area contributed by atoms with Crippen molar-refractivity contribution in [1.29, 1.82) is 0 Å². The van der Waals surface area contributed by atoms with Gasteiger partial charge in [0.25, 0.3) is 0 Å². The normalized spacial score (nSPS) is 16.7. The maximum Gasteiger partial charge on any atom is 0.160 e. The van der Waals surface area contributed by atoms with Crippen LogP contribution in [0.1, 0.15) is 23.6 Å². The van der Waals surface area contributed by atoms with Crippen LogP contribution in [0.15, 0.2) is 30.3 Å². The summed E-state index contributed by atoms with van der Waals surface area (Å²) in [4.78, 5) is 0. The molecule has 3 rings (SSSR count). The van der Waals surface area contributed by atoms with Crippen LogP contribution in [-0.2, 0) is 6.42 Å². The number of ether oxygens (including phenoxy) is 1. The Bertz CT molecular complexity index is 667. The molecule has 2 aromatic carbocycles. The number of hydrogen-bond donors (Lipinski definition) is 1. The van der Waals surface area contributed by atoms with Crippen LogP contribution in [0, 0.1) is 5.82 Å². The van der Waals surface area contributed by atoms with Crippen molar-refractivity contribution in [3.63, 3.8) is 0 Å². The molecular formula is C16H14Cl2FNO. The van der Waals surface area contributed by atoms with Gasteiger partial charge in [-0.2, -0.15) is 0 Å². The molecule has 0 heterocycles. The van der Waals surface area contributed by atoms with Crippen LogP contribution in [0.4, 0.5) is 10.1 Å².